The molecule has 0 aliphatic carbocycles. The van der Waals surface area contributed by atoms with Crippen LogP contribution in [-0.4, -0.2) is 46.9 Å². The number of aliphatic hydroxyl groups is 2. The van der Waals surface area contributed by atoms with Crippen LogP contribution < -0.4 is 5.32 Å². The van der Waals surface area contributed by atoms with Gasteiger partial charge in [-0.25, -0.2) is 0 Å². The van der Waals surface area contributed by atoms with Gasteiger partial charge in [-0.1, -0.05) is 273 Å². The quantitative estimate of drug-likeness (QED) is 0.0244. The molecule has 0 bridgehead atoms. The highest BCUT2D eigenvalue weighted by Gasteiger charge is 2.24. The van der Waals surface area contributed by atoms with Crippen molar-refractivity contribution in [3.05, 3.63) is 72.9 Å². The summed E-state index contributed by atoms with van der Waals surface area (Å²) in [5.41, 5.74) is 0. The molecule has 3 atom stereocenters. The zero-order valence-electron chi connectivity index (χ0n) is 45.0. The lowest BCUT2D eigenvalue weighted by molar-refractivity contribution is -0.151. The highest BCUT2D eigenvalue weighted by molar-refractivity contribution is 5.77. The summed E-state index contributed by atoms with van der Waals surface area (Å²) in [6.07, 6.45) is 71.1. The maximum atomic E-state index is 13.3. The highest BCUT2D eigenvalue weighted by atomic mass is 16.5. The van der Waals surface area contributed by atoms with Crippen molar-refractivity contribution < 1.29 is 24.5 Å². The van der Waals surface area contributed by atoms with E-state index < -0.39 is 18.2 Å². The number of ether oxygens (including phenoxy) is 1. The topological polar surface area (TPSA) is 95.9 Å². The number of carbonyl (C=O) groups is 2. The molecule has 0 aliphatic heterocycles. The molecule has 0 spiro atoms. The molecule has 6 nitrogen and oxygen atoms in total. The van der Waals surface area contributed by atoms with E-state index in [1.165, 1.54) is 161 Å². The lowest BCUT2D eigenvalue weighted by Crippen LogP contribution is -2.46. The Morgan fingerprint density at radius 3 is 1.25 bits per heavy atom. The van der Waals surface area contributed by atoms with Crippen LogP contribution in [-0.2, 0) is 14.3 Å². The van der Waals surface area contributed by atoms with Crippen LogP contribution in [0.25, 0.3) is 0 Å². The van der Waals surface area contributed by atoms with Crippen molar-refractivity contribution in [3.8, 4) is 0 Å². The molecule has 0 aromatic rings. The molecule has 0 rings (SSSR count). The fourth-order valence-corrected chi connectivity index (χ4v) is 8.69. The van der Waals surface area contributed by atoms with E-state index in [1.54, 1.807) is 0 Å². The molecule has 0 fully saturated rings. The summed E-state index contributed by atoms with van der Waals surface area (Å²) in [5.74, 6) is -0.520. The van der Waals surface area contributed by atoms with Gasteiger partial charge in [-0.15, -0.1) is 0 Å². The molecule has 0 saturated carbocycles. The lowest BCUT2D eigenvalue weighted by atomic mass is 10.0. The summed E-state index contributed by atoms with van der Waals surface area (Å²) in [6, 6.07) is -0.721. The monoisotopic (exact) mass is 950 g/mol. The average Bonchev–Trinajstić information content (AvgIpc) is 3.33. The number of nitrogens with one attached hydrogen (secondary N) is 1. The van der Waals surface area contributed by atoms with Gasteiger partial charge in [-0.2, -0.15) is 0 Å². The molecule has 0 heterocycles. The molecule has 1 amide bonds. The first kappa shape index (κ1) is 65.3. The molecular weight excluding hydrogens is 839 g/mol. The van der Waals surface area contributed by atoms with Crippen molar-refractivity contribution in [2.24, 2.45) is 0 Å². The third-order valence-electron chi connectivity index (χ3n) is 13.1. The number of unbranched alkanes of at least 4 members (excludes halogenated alkanes) is 32. The Morgan fingerprint density at radius 1 is 0.426 bits per heavy atom. The molecule has 0 aromatic heterocycles. The molecule has 0 aromatic carbocycles. The van der Waals surface area contributed by atoms with E-state index >= 15 is 0 Å². The van der Waals surface area contributed by atoms with E-state index in [1.807, 2.05) is 36.5 Å². The Bertz CT molecular complexity index is 1250. The van der Waals surface area contributed by atoms with Gasteiger partial charge in [0.05, 0.1) is 25.2 Å². The minimum atomic E-state index is -0.805. The Balaban J connectivity index is 4.64. The van der Waals surface area contributed by atoms with Gasteiger partial charge >= 0.3 is 5.97 Å². The van der Waals surface area contributed by atoms with E-state index in [9.17, 15) is 19.8 Å². The summed E-state index contributed by atoms with van der Waals surface area (Å²) in [6.45, 7) is 6.41. The van der Waals surface area contributed by atoms with Gasteiger partial charge in [0, 0.05) is 6.42 Å². The molecule has 0 saturated heterocycles. The Hall–Kier alpha value is -2.70. The first-order valence-corrected chi connectivity index (χ1v) is 29.2. The van der Waals surface area contributed by atoms with Crippen LogP contribution in [0.4, 0.5) is 0 Å². The second-order valence-electron chi connectivity index (χ2n) is 19.8. The second-order valence-corrected chi connectivity index (χ2v) is 19.8. The predicted molar refractivity (Wildman–Crippen MR) is 296 cm³/mol. The standard InChI is InChI=1S/C62H111NO5/c1-4-7-10-13-16-19-22-25-28-30-31-34-37-40-43-46-49-52-55-62(67)68-58(53-50-47-44-41-38-35-33-29-26-23-20-17-14-11-8-5-2)56-61(66)63-59(57-64)60(65)54-51-48-45-42-39-36-32-27-24-21-18-15-12-9-6-3/h11,14,17,20,23,26,29,31,33-35,38,58-60,64-65H,4-10,12-13,15-16,18-19,21-22,24-25,27-28,30,32,36-37,39-57H2,1-3H3,(H,63,66)/b14-11+,20-17+,26-23+,33-29+,34-31+,38-35+. The van der Waals surface area contributed by atoms with Crippen LogP contribution in [0.15, 0.2) is 72.9 Å². The van der Waals surface area contributed by atoms with Crippen LogP contribution in [0, 0.1) is 0 Å². The van der Waals surface area contributed by atoms with Gasteiger partial charge in [0.15, 0.2) is 0 Å². The van der Waals surface area contributed by atoms with E-state index in [0.717, 1.165) is 77.0 Å². The summed E-state index contributed by atoms with van der Waals surface area (Å²) in [5, 5.41) is 23.9. The average molecular weight is 951 g/mol. The Kier molecular flexibility index (Phi) is 53.0. The number of hydrogen-bond acceptors (Lipinski definition) is 5. The van der Waals surface area contributed by atoms with Gasteiger partial charge in [-0.3, -0.25) is 9.59 Å². The van der Waals surface area contributed by atoms with E-state index in [0.29, 0.717) is 19.3 Å². The van der Waals surface area contributed by atoms with Gasteiger partial charge in [0.1, 0.15) is 6.10 Å². The molecule has 0 radical (unpaired) electrons. The number of aliphatic hydroxyl groups excluding tert-OH is 2. The minimum Gasteiger partial charge on any atom is -0.462 e. The van der Waals surface area contributed by atoms with Gasteiger partial charge in [-0.05, 0) is 70.6 Å². The van der Waals surface area contributed by atoms with E-state index in [4.69, 9.17) is 4.74 Å². The normalized spacial score (nSPS) is 13.7. The molecule has 6 heteroatoms. The fourth-order valence-electron chi connectivity index (χ4n) is 8.69. The molecule has 394 valence electrons. The second kappa shape index (κ2) is 55.2. The van der Waals surface area contributed by atoms with Gasteiger partial charge in [0.2, 0.25) is 5.91 Å². The van der Waals surface area contributed by atoms with Crippen LogP contribution in [0.3, 0.4) is 0 Å². The van der Waals surface area contributed by atoms with Crippen molar-refractivity contribution in [1.82, 2.24) is 5.32 Å². The maximum Gasteiger partial charge on any atom is 0.306 e. The zero-order chi connectivity index (χ0) is 49.5. The van der Waals surface area contributed by atoms with Crippen LogP contribution in [0.5, 0.6) is 0 Å². The number of rotatable bonds is 52. The van der Waals surface area contributed by atoms with Crippen molar-refractivity contribution in [1.29, 1.82) is 0 Å². The number of hydrogen-bond donors (Lipinski definition) is 3. The summed E-state index contributed by atoms with van der Waals surface area (Å²) in [7, 11) is 0. The fraction of sp³-hybridized carbons (Fsp3) is 0.774. The Labute approximate surface area is 421 Å². The third-order valence-corrected chi connectivity index (χ3v) is 13.1. The number of esters is 1. The maximum absolute atomic E-state index is 13.3. The van der Waals surface area contributed by atoms with Crippen LogP contribution in [0.2, 0.25) is 0 Å². The summed E-state index contributed by atoms with van der Waals surface area (Å²) >= 11 is 0. The highest BCUT2D eigenvalue weighted by Crippen LogP contribution is 2.18. The number of amides is 1. The largest absolute Gasteiger partial charge is 0.462 e. The van der Waals surface area contributed by atoms with E-state index in [-0.39, 0.29) is 24.9 Å². The van der Waals surface area contributed by atoms with Crippen LogP contribution >= 0.6 is 0 Å². The first-order chi connectivity index (χ1) is 33.5. The van der Waals surface area contributed by atoms with Crippen molar-refractivity contribution >= 4 is 11.9 Å². The molecule has 3 N–H and O–H groups in total. The molecule has 3 unspecified atom stereocenters. The van der Waals surface area contributed by atoms with Crippen molar-refractivity contribution in [3.63, 3.8) is 0 Å². The predicted octanol–water partition coefficient (Wildman–Crippen LogP) is 18.1. The minimum absolute atomic E-state index is 0.0446. The lowest BCUT2D eigenvalue weighted by Gasteiger charge is -2.24. The molecule has 0 aliphatic rings. The van der Waals surface area contributed by atoms with Crippen molar-refractivity contribution in [2.75, 3.05) is 6.61 Å². The third kappa shape index (κ3) is 49.7. The number of carbonyl (C=O) groups excluding carboxylic acids is 2. The Morgan fingerprint density at radius 2 is 0.794 bits per heavy atom. The smallest absolute Gasteiger partial charge is 0.306 e. The SMILES string of the molecule is CCC/C=C/C=C/C=C/C=C/C=C/CCCCCC(CC(=O)NC(CO)C(O)CCCCCCCCCCCCCCCCC)OC(=O)CCCCCCC/C=C/CCCCCCCCCCC. The van der Waals surface area contributed by atoms with Crippen molar-refractivity contribution in [2.45, 2.75) is 302 Å². The zero-order valence-corrected chi connectivity index (χ0v) is 45.0. The molecule has 68 heavy (non-hydrogen) atoms. The van der Waals surface area contributed by atoms with Gasteiger partial charge in [0.25, 0.3) is 0 Å². The first-order valence-electron chi connectivity index (χ1n) is 29.2. The summed E-state index contributed by atoms with van der Waals surface area (Å²) in [4.78, 5) is 26.3. The van der Waals surface area contributed by atoms with Gasteiger partial charge < -0.3 is 20.3 Å². The number of allylic oxidation sites excluding steroid dienone is 12. The van der Waals surface area contributed by atoms with Crippen LogP contribution in [0.1, 0.15) is 284 Å². The van der Waals surface area contributed by atoms with E-state index in [2.05, 4.69) is 62.5 Å². The summed E-state index contributed by atoms with van der Waals surface area (Å²) < 4.78 is 5.94. The molecular formula is C62H111NO5.